The average molecular weight is 296 g/mol. The summed E-state index contributed by atoms with van der Waals surface area (Å²) in [5, 5.41) is 0. The van der Waals surface area contributed by atoms with Crippen LogP contribution >= 0.6 is 0 Å². The Hall–Kier alpha value is -0.910. The third-order valence-corrected chi connectivity index (χ3v) is 5.51. The zero-order valence-electron chi connectivity index (χ0n) is 12.1. The van der Waals surface area contributed by atoms with Gasteiger partial charge in [-0.25, -0.2) is 8.42 Å². The molecule has 2 N–H and O–H groups in total. The molecule has 4 nitrogen and oxygen atoms in total. The van der Waals surface area contributed by atoms with Crippen molar-refractivity contribution in [2.45, 2.75) is 37.5 Å². The summed E-state index contributed by atoms with van der Waals surface area (Å²) in [6, 6.07) is 7.13. The highest BCUT2D eigenvalue weighted by Crippen LogP contribution is 2.31. The topological polar surface area (TPSA) is 63.4 Å². The van der Waals surface area contributed by atoms with Gasteiger partial charge >= 0.3 is 0 Å². The van der Waals surface area contributed by atoms with E-state index in [-0.39, 0.29) is 0 Å². The molecule has 2 rings (SSSR count). The van der Waals surface area contributed by atoms with Gasteiger partial charge < -0.3 is 5.73 Å². The van der Waals surface area contributed by atoms with Gasteiger partial charge in [-0.2, -0.15) is 4.31 Å². The summed E-state index contributed by atoms with van der Waals surface area (Å²) in [6.07, 6.45) is 3.94. The molecule has 0 atom stereocenters. The van der Waals surface area contributed by atoms with Crippen LogP contribution in [-0.2, 0) is 16.4 Å². The maximum Gasteiger partial charge on any atom is 0.243 e. The van der Waals surface area contributed by atoms with Crippen molar-refractivity contribution in [3.63, 3.8) is 0 Å². The van der Waals surface area contributed by atoms with Crippen LogP contribution in [0.3, 0.4) is 0 Å². The number of hydrogen-bond acceptors (Lipinski definition) is 3. The minimum atomic E-state index is -3.35. The van der Waals surface area contributed by atoms with Crippen LogP contribution < -0.4 is 5.73 Å². The summed E-state index contributed by atoms with van der Waals surface area (Å²) in [5.74, 6) is 0.563. The van der Waals surface area contributed by atoms with Crippen LogP contribution in [0.2, 0.25) is 0 Å². The van der Waals surface area contributed by atoms with Gasteiger partial charge in [0.05, 0.1) is 4.90 Å². The molecule has 0 saturated heterocycles. The fourth-order valence-corrected chi connectivity index (χ4v) is 3.90. The van der Waals surface area contributed by atoms with E-state index in [1.165, 1.54) is 0 Å². The molecular formula is C15H24N2O2S. The Bertz CT molecular complexity index is 521. The summed E-state index contributed by atoms with van der Waals surface area (Å²) in [7, 11) is -3.35. The summed E-state index contributed by atoms with van der Waals surface area (Å²) >= 11 is 0. The van der Waals surface area contributed by atoms with Crippen molar-refractivity contribution in [3.8, 4) is 0 Å². The summed E-state index contributed by atoms with van der Waals surface area (Å²) in [6.45, 7) is 3.86. The van der Waals surface area contributed by atoms with Crippen molar-refractivity contribution < 1.29 is 8.42 Å². The second-order valence-electron chi connectivity index (χ2n) is 5.49. The minimum absolute atomic E-state index is 0.396. The standard InChI is InChI=1S/C15H24N2O2S/c1-2-11-17(12-14-3-4-14)20(18,19)15-7-5-13(6-8-15)9-10-16/h5-8,14H,2-4,9-12,16H2,1H3. The lowest BCUT2D eigenvalue weighted by atomic mass is 10.2. The van der Waals surface area contributed by atoms with E-state index in [0.29, 0.717) is 30.4 Å². The van der Waals surface area contributed by atoms with Crippen LogP contribution in [0.25, 0.3) is 0 Å². The number of hydrogen-bond donors (Lipinski definition) is 1. The lowest BCUT2D eigenvalue weighted by Gasteiger charge is -2.21. The molecule has 112 valence electrons. The first-order valence-corrected chi connectivity index (χ1v) is 8.81. The van der Waals surface area contributed by atoms with Gasteiger partial charge in [-0.1, -0.05) is 19.1 Å². The second-order valence-corrected chi connectivity index (χ2v) is 7.43. The number of nitrogens with two attached hydrogens (primary N) is 1. The zero-order chi connectivity index (χ0) is 14.6. The molecule has 0 heterocycles. The van der Waals surface area contributed by atoms with Crippen molar-refractivity contribution in [2.24, 2.45) is 11.7 Å². The van der Waals surface area contributed by atoms with Crippen molar-refractivity contribution in [1.82, 2.24) is 4.31 Å². The van der Waals surface area contributed by atoms with E-state index in [1.807, 2.05) is 19.1 Å². The predicted octanol–water partition coefficient (Wildman–Crippen LogP) is 2.00. The van der Waals surface area contributed by atoms with E-state index in [9.17, 15) is 8.42 Å². The smallest absolute Gasteiger partial charge is 0.243 e. The number of nitrogens with zero attached hydrogens (tertiary/aromatic N) is 1. The molecule has 0 aromatic heterocycles. The maximum absolute atomic E-state index is 12.7. The Morgan fingerprint density at radius 2 is 1.90 bits per heavy atom. The Kier molecular flexibility index (Phi) is 5.18. The first-order valence-electron chi connectivity index (χ1n) is 7.37. The zero-order valence-corrected chi connectivity index (χ0v) is 12.9. The van der Waals surface area contributed by atoms with Crippen LogP contribution in [0.4, 0.5) is 0 Å². The van der Waals surface area contributed by atoms with E-state index in [4.69, 9.17) is 5.73 Å². The Balaban J connectivity index is 2.17. The maximum atomic E-state index is 12.7. The Morgan fingerprint density at radius 1 is 1.25 bits per heavy atom. The lowest BCUT2D eigenvalue weighted by Crippen LogP contribution is -2.33. The highest BCUT2D eigenvalue weighted by molar-refractivity contribution is 7.89. The van der Waals surface area contributed by atoms with Crippen molar-refractivity contribution in [1.29, 1.82) is 0 Å². The highest BCUT2D eigenvalue weighted by Gasteiger charge is 2.31. The molecule has 1 aromatic rings. The molecule has 1 aliphatic rings. The molecular weight excluding hydrogens is 272 g/mol. The number of sulfonamides is 1. The van der Waals surface area contributed by atoms with Gasteiger partial charge in [0.1, 0.15) is 0 Å². The third kappa shape index (κ3) is 3.81. The van der Waals surface area contributed by atoms with E-state index in [2.05, 4.69) is 0 Å². The third-order valence-electron chi connectivity index (χ3n) is 3.63. The average Bonchev–Trinajstić information content (AvgIpc) is 3.23. The van der Waals surface area contributed by atoms with Gasteiger partial charge in [-0.3, -0.25) is 0 Å². The van der Waals surface area contributed by atoms with Gasteiger partial charge in [0, 0.05) is 13.1 Å². The van der Waals surface area contributed by atoms with E-state index in [0.717, 1.165) is 31.2 Å². The first-order chi connectivity index (χ1) is 9.57. The predicted molar refractivity (Wildman–Crippen MR) is 81.0 cm³/mol. The summed E-state index contributed by atoms with van der Waals surface area (Å²) < 4.78 is 27.0. The first kappa shape index (κ1) is 15.5. The Morgan fingerprint density at radius 3 is 2.40 bits per heavy atom. The fraction of sp³-hybridized carbons (Fsp3) is 0.600. The van der Waals surface area contributed by atoms with Crippen molar-refractivity contribution in [3.05, 3.63) is 29.8 Å². The van der Waals surface area contributed by atoms with E-state index >= 15 is 0 Å². The van der Waals surface area contributed by atoms with Crippen LogP contribution in [0.5, 0.6) is 0 Å². The second kappa shape index (κ2) is 6.70. The van der Waals surface area contributed by atoms with Crippen LogP contribution in [0.15, 0.2) is 29.2 Å². The van der Waals surface area contributed by atoms with Gasteiger partial charge in [0.15, 0.2) is 0 Å². The molecule has 0 aliphatic heterocycles. The molecule has 20 heavy (non-hydrogen) atoms. The molecule has 1 fully saturated rings. The molecule has 0 unspecified atom stereocenters. The van der Waals surface area contributed by atoms with Crippen molar-refractivity contribution in [2.75, 3.05) is 19.6 Å². The SMILES string of the molecule is CCCN(CC1CC1)S(=O)(=O)c1ccc(CCN)cc1. The number of rotatable bonds is 8. The molecule has 1 aliphatic carbocycles. The highest BCUT2D eigenvalue weighted by atomic mass is 32.2. The molecule has 0 radical (unpaired) electrons. The molecule has 0 bridgehead atoms. The minimum Gasteiger partial charge on any atom is -0.330 e. The van der Waals surface area contributed by atoms with Gasteiger partial charge in [0.2, 0.25) is 10.0 Å². The van der Waals surface area contributed by atoms with Gasteiger partial charge in [0.25, 0.3) is 0 Å². The Labute approximate surface area is 122 Å². The molecule has 0 spiro atoms. The monoisotopic (exact) mass is 296 g/mol. The van der Waals surface area contributed by atoms with E-state index < -0.39 is 10.0 Å². The summed E-state index contributed by atoms with van der Waals surface area (Å²) in [4.78, 5) is 0.396. The van der Waals surface area contributed by atoms with Gasteiger partial charge in [-0.15, -0.1) is 0 Å². The largest absolute Gasteiger partial charge is 0.330 e. The van der Waals surface area contributed by atoms with Crippen LogP contribution in [0.1, 0.15) is 31.7 Å². The lowest BCUT2D eigenvalue weighted by molar-refractivity contribution is 0.395. The summed E-state index contributed by atoms with van der Waals surface area (Å²) in [5.41, 5.74) is 6.59. The normalized spacial score (nSPS) is 15.8. The van der Waals surface area contributed by atoms with Crippen LogP contribution in [0, 0.1) is 5.92 Å². The molecule has 1 aromatic carbocycles. The van der Waals surface area contributed by atoms with Gasteiger partial charge in [-0.05, 0) is 55.8 Å². The molecule has 0 amide bonds. The molecule has 1 saturated carbocycles. The fourth-order valence-electron chi connectivity index (χ4n) is 2.29. The quantitative estimate of drug-likeness (QED) is 0.798. The van der Waals surface area contributed by atoms with E-state index in [1.54, 1.807) is 16.4 Å². The molecule has 5 heteroatoms. The number of benzene rings is 1. The van der Waals surface area contributed by atoms with Crippen molar-refractivity contribution >= 4 is 10.0 Å². The van der Waals surface area contributed by atoms with Crippen LogP contribution in [-0.4, -0.2) is 32.4 Å².